The molecule has 1 aromatic carbocycles. The van der Waals surface area contributed by atoms with Gasteiger partial charge in [-0.25, -0.2) is 9.97 Å². The quantitative estimate of drug-likeness (QED) is 0.837. The predicted molar refractivity (Wildman–Crippen MR) is 79.7 cm³/mol. The van der Waals surface area contributed by atoms with Crippen molar-refractivity contribution in [2.24, 2.45) is 0 Å². The lowest BCUT2D eigenvalue weighted by Crippen LogP contribution is -2.13. The van der Waals surface area contributed by atoms with Gasteiger partial charge in [-0.1, -0.05) is 37.3 Å². The molecule has 0 saturated carbocycles. The Bertz CT molecular complexity index is 508. The third kappa shape index (κ3) is 3.93. The minimum atomic E-state index is 0.287. The van der Waals surface area contributed by atoms with Gasteiger partial charge in [0.25, 0.3) is 0 Å². The average molecular weight is 276 g/mol. The molecule has 2 aromatic rings. The largest absolute Gasteiger partial charge is 0.369 e. The topological polar surface area (TPSA) is 37.8 Å². The summed E-state index contributed by atoms with van der Waals surface area (Å²) in [6, 6.07) is 12.4. The van der Waals surface area contributed by atoms with Crippen molar-refractivity contribution in [1.29, 1.82) is 0 Å². The summed E-state index contributed by atoms with van der Waals surface area (Å²) in [4.78, 5) is 8.23. The number of halogens is 1. The van der Waals surface area contributed by atoms with Crippen molar-refractivity contribution in [2.75, 3.05) is 11.9 Å². The van der Waals surface area contributed by atoms with Crippen LogP contribution in [0.25, 0.3) is 0 Å². The first-order valence-electron chi connectivity index (χ1n) is 6.49. The first-order valence-corrected chi connectivity index (χ1v) is 6.87. The normalized spacial score (nSPS) is 12.2. The van der Waals surface area contributed by atoms with Gasteiger partial charge in [0.15, 0.2) is 0 Å². The number of aromatic nitrogens is 2. The number of hydrogen-bond donors (Lipinski definition) is 1. The molecule has 0 radical (unpaired) electrons. The van der Waals surface area contributed by atoms with Gasteiger partial charge in [-0.15, -0.1) is 0 Å². The second-order valence-corrected chi connectivity index (χ2v) is 4.90. The van der Waals surface area contributed by atoms with Crippen molar-refractivity contribution in [2.45, 2.75) is 26.2 Å². The summed E-state index contributed by atoms with van der Waals surface area (Å²) in [6.07, 6.45) is 1.08. The summed E-state index contributed by atoms with van der Waals surface area (Å²) in [5, 5.41) is 3.63. The minimum Gasteiger partial charge on any atom is -0.369 e. The van der Waals surface area contributed by atoms with E-state index >= 15 is 0 Å². The van der Waals surface area contributed by atoms with Crippen molar-refractivity contribution in [3.8, 4) is 0 Å². The number of aryl methyl sites for hydroxylation is 1. The van der Waals surface area contributed by atoms with Gasteiger partial charge >= 0.3 is 0 Å². The number of nitrogens with one attached hydrogen (secondary N) is 1. The van der Waals surface area contributed by atoms with Crippen LogP contribution in [0.2, 0.25) is 5.28 Å². The molecule has 2 rings (SSSR count). The number of anilines is 1. The highest BCUT2D eigenvalue weighted by Crippen LogP contribution is 2.20. The number of hydrogen-bond acceptors (Lipinski definition) is 3. The van der Waals surface area contributed by atoms with Crippen LogP contribution in [-0.2, 0) is 0 Å². The van der Waals surface area contributed by atoms with Gasteiger partial charge < -0.3 is 5.32 Å². The Morgan fingerprint density at radius 3 is 2.58 bits per heavy atom. The zero-order valence-corrected chi connectivity index (χ0v) is 12.0. The maximum atomic E-state index is 5.85. The molecule has 0 aliphatic heterocycles. The van der Waals surface area contributed by atoms with E-state index in [1.54, 1.807) is 0 Å². The molecule has 0 spiro atoms. The molecule has 0 fully saturated rings. The van der Waals surface area contributed by atoms with Gasteiger partial charge in [-0.2, -0.15) is 0 Å². The molecule has 0 amide bonds. The summed E-state index contributed by atoms with van der Waals surface area (Å²) >= 11 is 5.85. The second kappa shape index (κ2) is 6.53. The summed E-state index contributed by atoms with van der Waals surface area (Å²) < 4.78 is 0. The average Bonchev–Trinajstić information content (AvgIpc) is 2.39. The molecule has 3 nitrogen and oxygen atoms in total. The van der Waals surface area contributed by atoms with Crippen molar-refractivity contribution in [3.05, 3.63) is 52.9 Å². The highest BCUT2D eigenvalue weighted by Gasteiger charge is 2.09. The van der Waals surface area contributed by atoms with Crippen LogP contribution >= 0.6 is 11.6 Å². The van der Waals surface area contributed by atoms with E-state index in [0.717, 1.165) is 24.5 Å². The van der Waals surface area contributed by atoms with Crippen LogP contribution in [0.4, 0.5) is 5.82 Å². The van der Waals surface area contributed by atoms with Crippen LogP contribution < -0.4 is 5.32 Å². The predicted octanol–water partition coefficient (Wildman–Crippen LogP) is 4.04. The number of rotatable bonds is 5. The first-order chi connectivity index (χ1) is 9.19. The van der Waals surface area contributed by atoms with Crippen LogP contribution in [0.5, 0.6) is 0 Å². The van der Waals surface area contributed by atoms with Gasteiger partial charge in [0, 0.05) is 24.2 Å². The van der Waals surface area contributed by atoms with E-state index in [2.05, 4.69) is 46.5 Å². The van der Waals surface area contributed by atoms with Crippen LogP contribution in [0.1, 0.15) is 30.5 Å². The minimum absolute atomic E-state index is 0.287. The maximum Gasteiger partial charge on any atom is 0.224 e. The summed E-state index contributed by atoms with van der Waals surface area (Å²) in [6.45, 7) is 4.94. The molecule has 100 valence electrons. The fourth-order valence-electron chi connectivity index (χ4n) is 2.07. The van der Waals surface area contributed by atoms with E-state index in [4.69, 9.17) is 11.6 Å². The van der Waals surface area contributed by atoms with Crippen LogP contribution in [0.3, 0.4) is 0 Å². The SMILES string of the molecule is CCC(CNc1cc(C)nc(Cl)n1)c1ccccc1. The molecular weight excluding hydrogens is 258 g/mol. The number of nitrogens with zero attached hydrogens (tertiary/aromatic N) is 2. The van der Waals surface area contributed by atoms with E-state index in [0.29, 0.717) is 5.92 Å². The molecule has 0 aliphatic rings. The van der Waals surface area contributed by atoms with Crippen molar-refractivity contribution in [1.82, 2.24) is 9.97 Å². The third-order valence-corrected chi connectivity index (χ3v) is 3.29. The van der Waals surface area contributed by atoms with Crippen molar-refractivity contribution < 1.29 is 0 Å². The highest BCUT2D eigenvalue weighted by atomic mass is 35.5. The third-order valence-electron chi connectivity index (χ3n) is 3.12. The second-order valence-electron chi connectivity index (χ2n) is 4.56. The van der Waals surface area contributed by atoms with Crippen molar-refractivity contribution >= 4 is 17.4 Å². The van der Waals surface area contributed by atoms with E-state index in [-0.39, 0.29) is 5.28 Å². The molecule has 19 heavy (non-hydrogen) atoms. The lowest BCUT2D eigenvalue weighted by atomic mass is 9.96. The summed E-state index contributed by atoms with van der Waals surface area (Å²) in [5.41, 5.74) is 2.21. The van der Waals surface area contributed by atoms with Crippen LogP contribution in [0.15, 0.2) is 36.4 Å². The zero-order chi connectivity index (χ0) is 13.7. The Morgan fingerprint density at radius 2 is 1.95 bits per heavy atom. The Balaban J connectivity index is 2.04. The molecule has 4 heteroatoms. The fourth-order valence-corrected chi connectivity index (χ4v) is 2.30. The lowest BCUT2D eigenvalue weighted by Gasteiger charge is -2.16. The number of benzene rings is 1. The molecule has 1 heterocycles. The van der Waals surface area contributed by atoms with E-state index < -0.39 is 0 Å². The molecular formula is C15H18ClN3. The molecule has 1 atom stereocenters. The summed E-state index contributed by atoms with van der Waals surface area (Å²) in [5.74, 6) is 1.25. The fraction of sp³-hybridized carbons (Fsp3) is 0.333. The Hall–Kier alpha value is -1.61. The molecule has 0 aliphatic carbocycles. The maximum absolute atomic E-state index is 5.85. The van der Waals surface area contributed by atoms with Crippen LogP contribution in [0, 0.1) is 6.92 Å². The highest BCUT2D eigenvalue weighted by molar-refractivity contribution is 6.28. The molecule has 0 bridgehead atoms. The lowest BCUT2D eigenvalue weighted by molar-refractivity contribution is 0.693. The molecule has 1 aromatic heterocycles. The Labute approximate surface area is 119 Å². The summed E-state index contributed by atoms with van der Waals surface area (Å²) in [7, 11) is 0. The Morgan fingerprint density at radius 1 is 1.21 bits per heavy atom. The van der Waals surface area contributed by atoms with Gasteiger partial charge in [-0.3, -0.25) is 0 Å². The van der Waals surface area contributed by atoms with E-state index in [1.807, 2.05) is 19.1 Å². The van der Waals surface area contributed by atoms with Crippen LogP contribution in [-0.4, -0.2) is 16.5 Å². The van der Waals surface area contributed by atoms with Gasteiger partial charge in [-0.05, 0) is 30.5 Å². The molecule has 1 unspecified atom stereocenters. The van der Waals surface area contributed by atoms with E-state index in [9.17, 15) is 0 Å². The molecule has 0 saturated heterocycles. The monoisotopic (exact) mass is 275 g/mol. The standard InChI is InChI=1S/C15H18ClN3/c1-3-12(13-7-5-4-6-8-13)10-17-14-9-11(2)18-15(16)19-14/h4-9,12H,3,10H2,1-2H3,(H,17,18,19). The first kappa shape index (κ1) is 13.8. The van der Waals surface area contributed by atoms with Gasteiger partial charge in [0.05, 0.1) is 0 Å². The smallest absolute Gasteiger partial charge is 0.224 e. The molecule has 1 N–H and O–H groups in total. The van der Waals surface area contributed by atoms with Gasteiger partial charge in [0.1, 0.15) is 5.82 Å². The Kier molecular flexibility index (Phi) is 4.74. The zero-order valence-electron chi connectivity index (χ0n) is 11.2. The van der Waals surface area contributed by atoms with Crippen molar-refractivity contribution in [3.63, 3.8) is 0 Å². The van der Waals surface area contributed by atoms with E-state index in [1.165, 1.54) is 5.56 Å². The van der Waals surface area contributed by atoms with Gasteiger partial charge in [0.2, 0.25) is 5.28 Å².